The van der Waals surface area contributed by atoms with Gasteiger partial charge in [-0.25, -0.2) is 13.2 Å². The summed E-state index contributed by atoms with van der Waals surface area (Å²) >= 11 is 0.911. The van der Waals surface area contributed by atoms with Gasteiger partial charge in [0.25, 0.3) is 0 Å². The molecule has 2 bridgehead atoms. The van der Waals surface area contributed by atoms with Crippen LogP contribution in [0, 0.1) is 23.0 Å². The lowest BCUT2D eigenvalue weighted by molar-refractivity contribution is -0.454. The van der Waals surface area contributed by atoms with Crippen molar-refractivity contribution < 1.29 is 42.7 Å². The molecule has 1 aromatic carbocycles. The molecule has 0 amide bonds. The van der Waals surface area contributed by atoms with E-state index in [0.29, 0.717) is 54.6 Å². The van der Waals surface area contributed by atoms with E-state index in [2.05, 4.69) is 29.4 Å². The number of pyridine rings is 1. The van der Waals surface area contributed by atoms with E-state index in [4.69, 9.17) is 35.5 Å². The molecule has 0 radical (unpaired) electrons. The van der Waals surface area contributed by atoms with Crippen molar-refractivity contribution in [1.29, 1.82) is 5.26 Å². The van der Waals surface area contributed by atoms with Gasteiger partial charge in [-0.1, -0.05) is 0 Å². The first-order valence-electron chi connectivity index (χ1n) is 18.2. The van der Waals surface area contributed by atoms with Crippen LogP contribution in [0.3, 0.4) is 0 Å². The lowest BCUT2D eigenvalue weighted by Crippen LogP contribution is -2.55. The van der Waals surface area contributed by atoms with Crippen LogP contribution in [-0.2, 0) is 22.7 Å². The van der Waals surface area contributed by atoms with Crippen molar-refractivity contribution in [2.24, 2.45) is 0 Å². The van der Waals surface area contributed by atoms with Gasteiger partial charge in [0.2, 0.25) is 0 Å². The van der Waals surface area contributed by atoms with Gasteiger partial charge in [0.1, 0.15) is 28.6 Å². The van der Waals surface area contributed by atoms with E-state index in [9.17, 15) is 14.0 Å². The molecule has 8 heterocycles. The van der Waals surface area contributed by atoms with Crippen LogP contribution in [-0.4, -0.2) is 116 Å². The molecular weight excluding hydrogens is 730 g/mol. The second-order valence-corrected chi connectivity index (χ2v) is 15.4. The van der Waals surface area contributed by atoms with Crippen molar-refractivity contribution in [1.82, 2.24) is 24.8 Å². The van der Waals surface area contributed by atoms with Crippen molar-refractivity contribution in [2.45, 2.75) is 82.7 Å². The Balaban J connectivity index is 0.000000399. The first-order valence-corrected chi connectivity index (χ1v) is 19.0. The van der Waals surface area contributed by atoms with Crippen LogP contribution < -0.4 is 15.4 Å². The van der Waals surface area contributed by atoms with Gasteiger partial charge in [-0.05, 0) is 56.7 Å². The monoisotopic (exact) mass is 770 g/mol. The first-order chi connectivity index (χ1) is 26.0. The summed E-state index contributed by atoms with van der Waals surface area (Å²) in [7, 11) is 0. The normalized spacial score (nSPS) is 23.9. The maximum absolute atomic E-state index is 17.0. The van der Waals surface area contributed by atoms with Crippen LogP contribution >= 0.6 is 11.3 Å². The number of hydrogen-bond donors (Lipinski definition) is 4. The Kier molecular flexibility index (Phi) is 10.0. The molecule has 5 aliphatic rings. The highest BCUT2D eigenvalue weighted by molar-refractivity contribution is 7.23. The molecule has 288 valence electrons. The number of halogens is 3. The molecule has 5 N–H and O–H groups in total. The molecule has 4 saturated heterocycles. The van der Waals surface area contributed by atoms with Gasteiger partial charge in [-0.2, -0.15) is 15.2 Å². The number of thiophene rings is 1. The molecule has 9 rings (SSSR count). The van der Waals surface area contributed by atoms with Gasteiger partial charge in [-0.15, -0.1) is 11.3 Å². The minimum atomic E-state index is -3.19. The fourth-order valence-corrected chi connectivity index (χ4v) is 9.78. The van der Waals surface area contributed by atoms with Crippen molar-refractivity contribution in [2.75, 3.05) is 56.6 Å². The summed E-state index contributed by atoms with van der Waals surface area (Å²) in [5, 5.41) is 37.8. The number of nitrogens with zero attached hydrogens (tertiary/aromatic N) is 7. The third kappa shape index (κ3) is 6.70. The SMILES string of the molecule is CCOc1nc(N2C3CCC2CN(CCOC(O)(O)O)C3)c2c3c(c(-c4ncc(F)c5sc(N)c(C#N)c45)c(F)c2n1)COC3.FC1CC2CCCN2C1. The topological polar surface area (TPSA) is 187 Å². The van der Waals surface area contributed by atoms with Crippen LogP contribution in [0.2, 0.25) is 0 Å². The molecule has 4 aromatic rings. The average molecular weight is 771 g/mol. The van der Waals surface area contributed by atoms with Crippen molar-refractivity contribution in [3.8, 4) is 23.3 Å². The zero-order valence-electron chi connectivity index (χ0n) is 29.6. The maximum Gasteiger partial charge on any atom is 0.405 e. The third-order valence-corrected chi connectivity index (χ3v) is 12.1. The Morgan fingerprint density at radius 3 is 2.54 bits per heavy atom. The molecule has 5 aliphatic heterocycles. The number of rotatable bonds is 8. The van der Waals surface area contributed by atoms with Gasteiger partial charge in [0.05, 0.1) is 54.0 Å². The number of aliphatic hydroxyl groups is 3. The highest BCUT2D eigenvalue weighted by Gasteiger charge is 2.43. The van der Waals surface area contributed by atoms with E-state index in [1.54, 1.807) is 6.92 Å². The number of alkyl halides is 1. The number of nitrogens with two attached hydrogens (primary N) is 1. The molecule has 4 atom stereocenters. The summed E-state index contributed by atoms with van der Waals surface area (Å²) in [6.07, 6.45) is 2.31. The number of aromatic nitrogens is 3. The van der Waals surface area contributed by atoms with Gasteiger partial charge in [-0.3, -0.25) is 14.8 Å². The van der Waals surface area contributed by atoms with Gasteiger partial charge >= 0.3 is 12.2 Å². The summed E-state index contributed by atoms with van der Waals surface area (Å²) in [5.41, 5.74) is 7.46. The fourth-order valence-electron chi connectivity index (χ4n) is 8.86. The molecule has 0 aliphatic carbocycles. The molecule has 54 heavy (non-hydrogen) atoms. The molecule has 0 spiro atoms. The largest absolute Gasteiger partial charge is 0.464 e. The van der Waals surface area contributed by atoms with Gasteiger partial charge in [0, 0.05) is 55.3 Å². The van der Waals surface area contributed by atoms with E-state index >= 15 is 4.39 Å². The fraction of sp³-hybridized carbons (Fsp3) is 0.556. The van der Waals surface area contributed by atoms with Gasteiger partial charge in [0.15, 0.2) is 11.6 Å². The van der Waals surface area contributed by atoms with E-state index in [-0.39, 0.29) is 81.9 Å². The lowest BCUT2D eigenvalue weighted by Gasteiger charge is -2.42. The summed E-state index contributed by atoms with van der Waals surface area (Å²) in [4.78, 5) is 20.1. The molecule has 18 heteroatoms. The standard InChI is InChI=1S/C29H29F2N7O6S.C7H12FN/c1-2-43-28-35-24-21(27(36-28)38-13-3-4-14(38)10-37(9-13)5-6-44-29(39,40)41)17-12-42-11-16(17)19(22(24)31)23-20-15(7-32)26(33)45-25(20)18(30)8-34-23;8-6-4-7-2-1-3-9(7)5-6/h8,13-14,39-41H,2-6,9-12,33H2,1H3;6-7H,1-5H2. The van der Waals surface area contributed by atoms with E-state index < -0.39 is 24.0 Å². The minimum Gasteiger partial charge on any atom is -0.464 e. The van der Waals surface area contributed by atoms with Crippen LogP contribution in [0.25, 0.3) is 32.2 Å². The van der Waals surface area contributed by atoms with E-state index in [0.717, 1.165) is 43.3 Å². The number of likely N-dealkylation sites (tertiary alicyclic amines) is 1. The molecule has 0 saturated carbocycles. The number of fused-ring (bicyclic) bond motifs is 7. The minimum absolute atomic E-state index is 0.00109. The second-order valence-electron chi connectivity index (χ2n) is 14.3. The summed E-state index contributed by atoms with van der Waals surface area (Å²) in [6.45, 7) is 5.55. The highest BCUT2D eigenvalue weighted by atomic mass is 32.1. The number of anilines is 2. The number of hydrogen-bond acceptors (Lipinski definition) is 15. The van der Waals surface area contributed by atoms with Crippen molar-refractivity contribution in [3.63, 3.8) is 0 Å². The summed E-state index contributed by atoms with van der Waals surface area (Å²) < 4.78 is 60.8. The van der Waals surface area contributed by atoms with Crippen LogP contribution in [0.1, 0.15) is 55.7 Å². The summed E-state index contributed by atoms with van der Waals surface area (Å²) in [5.74, 6) is -0.848. The second kappa shape index (κ2) is 14.6. The van der Waals surface area contributed by atoms with E-state index in [1.807, 2.05) is 6.07 Å². The number of nitriles is 1. The van der Waals surface area contributed by atoms with Crippen LogP contribution in [0.15, 0.2) is 6.20 Å². The molecular formula is C36H41F3N8O6S. The smallest absolute Gasteiger partial charge is 0.405 e. The molecule has 3 aromatic heterocycles. The number of piperazine rings is 1. The highest BCUT2D eigenvalue weighted by Crippen LogP contribution is 2.48. The first kappa shape index (κ1) is 37.0. The van der Waals surface area contributed by atoms with Crippen molar-refractivity contribution >= 4 is 43.1 Å². The molecule has 4 fully saturated rings. The lowest BCUT2D eigenvalue weighted by atomic mass is 9.93. The third-order valence-electron chi connectivity index (χ3n) is 11.0. The summed E-state index contributed by atoms with van der Waals surface area (Å²) in [6, 6.07) is 2.61. The number of ether oxygens (including phenoxy) is 3. The average Bonchev–Trinajstić information content (AvgIpc) is 3.95. The Morgan fingerprint density at radius 2 is 1.83 bits per heavy atom. The Labute approximate surface area is 312 Å². The molecule has 4 unspecified atom stereocenters. The van der Waals surface area contributed by atoms with Crippen LogP contribution in [0.4, 0.5) is 24.0 Å². The maximum atomic E-state index is 17.0. The van der Waals surface area contributed by atoms with Crippen LogP contribution in [0.5, 0.6) is 6.01 Å². The van der Waals surface area contributed by atoms with E-state index in [1.165, 1.54) is 12.8 Å². The zero-order chi connectivity index (χ0) is 37.9. The molecule has 14 nitrogen and oxygen atoms in total. The Hall–Kier alpha value is -3.93. The number of benzene rings is 1. The zero-order valence-corrected chi connectivity index (χ0v) is 30.4. The van der Waals surface area contributed by atoms with Gasteiger partial charge < -0.3 is 40.2 Å². The number of nitrogen functional groups attached to an aromatic ring is 1. The Bertz CT molecular complexity index is 2100. The predicted molar refractivity (Wildman–Crippen MR) is 192 cm³/mol. The Morgan fingerprint density at radius 1 is 1.07 bits per heavy atom. The predicted octanol–water partition coefficient (Wildman–Crippen LogP) is 3.52. The quantitative estimate of drug-likeness (QED) is 0.191. The van der Waals surface area contributed by atoms with Crippen molar-refractivity contribution in [3.05, 3.63) is 34.5 Å².